The van der Waals surface area contributed by atoms with Crippen molar-refractivity contribution in [3.05, 3.63) is 120 Å². The number of nitrogens with one attached hydrogen (secondary N) is 4. The summed E-state index contributed by atoms with van der Waals surface area (Å²) in [6.07, 6.45) is 6.69. The zero-order valence-corrected chi connectivity index (χ0v) is 36.2. The van der Waals surface area contributed by atoms with E-state index in [-0.39, 0.29) is 29.8 Å². The zero-order chi connectivity index (χ0) is 45.0. The van der Waals surface area contributed by atoms with Gasteiger partial charge in [0.15, 0.2) is 0 Å². The van der Waals surface area contributed by atoms with E-state index in [9.17, 15) is 23.6 Å². The Morgan fingerprint density at radius 2 is 1.32 bits per heavy atom. The van der Waals surface area contributed by atoms with E-state index in [2.05, 4.69) is 74.1 Å². The Balaban J connectivity index is 0.868. The Morgan fingerprint density at radius 3 is 2.02 bits per heavy atom. The lowest BCUT2D eigenvalue weighted by Crippen LogP contribution is -2.53. The summed E-state index contributed by atoms with van der Waals surface area (Å²) in [5.41, 5.74) is 6.04. The van der Waals surface area contributed by atoms with Crippen LogP contribution in [0.5, 0.6) is 0 Å². The van der Waals surface area contributed by atoms with E-state index in [1.54, 1.807) is 11.1 Å². The predicted molar refractivity (Wildman–Crippen MR) is 239 cm³/mol. The SMILES string of the molecule is COC(=O)N[C@H](C(=O)N1CCCC1c1nc(-c2ccc3cc(-c4ccc(-c5cnc([C@@H]6CCCN6C(=O)[C@H](NC(=O)OC)c6ccc(F)cc6)[nH]5)cc4)ccc3c2)c[nH]1)C1CCOCC1. The fraction of sp³-hybridized carbons (Fsp3) is 0.347. The number of ether oxygens (including phenoxy) is 3. The van der Waals surface area contributed by atoms with Crippen molar-refractivity contribution in [2.75, 3.05) is 40.5 Å². The molecule has 3 aliphatic heterocycles. The fourth-order valence-corrected chi connectivity index (χ4v) is 9.44. The molecule has 336 valence electrons. The smallest absolute Gasteiger partial charge is 0.407 e. The average molecular weight is 883 g/mol. The van der Waals surface area contributed by atoms with Crippen molar-refractivity contribution in [2.24, 2.45) is 5.92 Å². The molecule has 0 aliphatic carbocycles. The number of imidazole rings is 2. The third-order valence-electron chi connectivity index (χ3n) is 12.9. The van der Waals surface area contributed by atoms with Gasteiger partial charge in [-0.25, -0.2) is 23.9 Å². The normalized spacial score (nSPS) is 18.6. The quantitative estimate of drug-likeness (QED) is 0.100. The first kappa shape index (κ1) is 43.2. The number of fused-ring (bicyclic) bond motifs is 1. The lowest BCUT2D eigenvalue weighted by atomic mass is 9.90. The molecule has 4 amide bonds. The molecule has 3 aliphatic rings. The molecule has 15 nitrogen and oxygen atoms in total. The van der Waals surface area contributed by atoms with E-state index in [0.717, 1.165) is 69.5 Å². The second kappa shape index (κ2) is 19.0. The van der Waals surface area contributed by atoms with Gasteiger partial charge in [0, 0.05) is 38.1 Å². The van der Waals surface area contributed by atoms with Crippen molar-refractivity contribution >= 4 is 34.8 Å². The minimum atomic E-state index is -1.05. The summed E-state index contributed by atoms with van der Waals surface area (Å²) in [4.78, 5) is 72.5. The van der Waals surface area contributed by atoms with Crippen LogP contribution in [-0.2, 0) is 23.8 Å². The third kappa shape index (κ3) is 9.16. The van der Waals surface area contributed by atoms with Gasteiger partial charge in [0.05, 0.1) is 43.9 Å². The summed E-state index contributed by atoms with van der Waals surface area (Å²) in [5.74, 6) is 0.428. The van der Waals surface area contributed by atoms with Gasteiger partial charge >= 0.3 is 12.2 Å². The first-order chi connectivity index (χ1) is 31.7. The lowest BCUT2D eigenvalue weighted by Gasteiger charge is -2.34. The molecule has 3 fully saturated rings. The van der Waals surface area contributed by atoms with Crippen molar-refractivity contribution in [1.82, 2.24) is 40.4 Å². The number of H-pyrrole nitrogens is 2. The molecular weight excluding hydrogens is 832 g/mol. The maximum atomic E-state index is 14.0. The number of carbonyl (C=O) groups is 4. The van der Waals surface area contributed by atoms with Gasteiger partial charge in [0.2, 0.25) is 5.91 Å². The first-order valence-corrected chi connectivity index (χ1v) is 22.1. The summed E-state index contributed by atoms with van der Waals surface area (Å²) in [6, 6.07) is 24.0. The first-order valence-electron chi connectivity index (χ1n) is 22.1. The molecule has 9 rings (SSSR count). The summed E-state index contributed by atoms with van der Waals surface area (Å²) >= 11 is 0. The molecule has 65 heavy (non-hydrogen) atoms. The van der Waals surface area contributed by atoms with Crippen LogP contribution < -0.4 is 10.6 Å². The standard InChI is InChI=1S/C49H51FN8O7/c1-63-48(61)55-42(31-15-17-37(50)18-16-31)46(59)57-21-3-5-40(57)44-51-27-38(53-44)30-9-7-29(8-10-30)33-11-12-35-26-36(14-13-34(35)25-33)39-28-52-45(54-39)41-6-4-22-58(41)47(60)43(56-49(62)64-2)32-19-23-65-24-20-32/h7-18,25-28,32,40-43H,3-6,19-24H2,1-2H3,(H,51,53)(H,52,54)(H,55,61)(H,56,62)/t40-,41?,42+,43-/m0/s1. The van der Waals surface area contributed by atoms with E-state index in [1.165, 1.54) is 38.5 Å². The summed E-state index contributed by atoms with van der Waals surface area (Å²) in [5, 5.41) is 7.57. The minimum absolute atomic E-state index is 0.0375. The number of nitrogens with zero attached hydrogens (tertiary/aromatic N) is 4. The van der Waals surface area contributed by atoms with Crippen LogP contribution in [0.1, 0.15) is 73.9 Å². The molecule has 5 heterocycles. The van der Waals surface area contributed by atoms with Crippen molar-refractivity contribution in [1.29, 1.82) is 0 Å². The van der Waals surface area contributed by atoms with Gasteiger partial charge in [-0.1, -0.05) is 60.7 Å². The van der Waals surface area contributed by atoms with Crippen LogP contribution in [0, 0.1) is 11.7 Å². The zero-order valence-electron chi connectivity index (χ0n) is 36.2. The van der Waals surface area contributed by atoms with E-state index in [4.69, 9.17) is 19.2 Å². The van der Waals surface area contributed by atoms with E-state index >= 15 is 0 Å². The lowest BCUT2D eigenvalue weighted by molar-refractivity contribution is -0.137. The topological polar surface area (TPSA) is 184 Å². The van der Waals surface area contributed by atoms with Crippen LogP contribution >= 0.6 is 0 Å². The number of carbonyl (C=O) groups excluding carboxylic acids is 4. The molecule has 4 aromatic carbocycles. The number of amides is 4. The van der Waals surface area contributed by atoms with E-state index in [1.807, 2.05) is 23.2 Å². The van der Waals surface area contributed by atoms with E-state index in [0.29, 0.717) is 57.0 Å². The van der Waals surface area contributed by atoms with Gasteiger partial charge in [0.25, 0.3) is 5.91 Å². The molecule has 0 radical (unpaired) electrons. The molecule has 16 heteroatoms. The fourth-order valence-electron chi connectivity index (χ4n) is 9.44. The molecule has 1 unspecified atom stereocenters. The van der Waals surface area contributed by atoms with Gasteiger partial charge in [-0.05, 0) is 102 Å². The van der Waals surface area contributed by atoms with Gasteiger partial charge in [-0.3, -0.25) is 9.59 Å². The molecular formula is C49H51FN8O7. The van der Waals surface area contributed by atoms with Crippen LogP contribution in [0.3, 0.4) is 0 Å². The Bertz CT molecular complexity index is 2680. The number of rotatable bonds is 11. The minimum Gasteiger partial charge on any atom is -0.453 e. The Hall–Kier alpha value is -7.07. The summed E-state index contributed by atoms with van der Waals surface area (Å²) in [7, 11) is 2.53. The average Bonchev–Trinajstić information content (AvgIpc) is 4.20. The van der Waals surface area contributed by atoms with Crippen LogP contribution in [0.15, 0.2) is 97.3 Å². The number of benzene rings is 4. The number of aromatic amines is 2. The monoisotopic (exact) mass is 882 g/mol. The third-order valence-corrected chi connectivity index (χ3v) is 12.9. The number of halogens is 1. The molecule has 3 saturated heterocycles. The van der Waals surface area contributed by atoms with Gasteiger partial charge < -0.3 is 44.6 Å². The van der Waals surface area contributed by atoms with Crippen LogP contribution in [0.4, 0.5) is 14.0 Å². The van der Waals surface area contributed by atoms with Crippen LogP contribution in [0.2, 0.25) is 0 Å². The van der Waals surface area contributed by atoms with Crippen molar-refractivity contribution in [3.63, 3.8) is 0 Å². The highest BCUT2D eigenvalue weighted by Gasteiger charge is 2.41. The predicted octanol–water partition coefficient (Wildman–Crippen LogP) is 8.00. The molecule has 6 aromatic rings. The Morgan fingerprint density at radius 1 is 0.723 bits per heavy atom. The molecule has 2 aromatic heterocycles. The molecule has 4 atom stereocenters. The van der Waals surface area contributed by atoms with Crippen molar-refractivity contribution in [3.8, 4) is 33.6 Å². The maximum absolute atomic E-state index is 14.0. The number of methoxy groups -OCH3 is 2. The van der Waals surface area contributed by atoms with Crippen LogP contribution in [-0.4, -0.2) is 100 Å². The maximum Gasteiger partial charge on any atom is 0.407 e. The summed E-state index contributed by atoms with van der Waals surface area (Å²) in [6.45, 7) is 2.16. The number of likely N-dealkylation sites (tertiary alicyclic amines) is 2. The van der Waals surface area contributed by atoms with Gasteiger partial charge in [0.1, 0.15) is 29.5 Å². The molecule has 0 saturated carbocycles. The number of hydrogen-bond donors (Lipinski definition) is 4. The largest absolute Gasteiger partial charge is 0.453 e. The highest BCUT2D eigenvalue weighted by Crippen LogP contribution is 2.37. The Labute approximate surface area is 375 Å². The van der Waals surface area contributed by atoms with Crippen molar-refractivity contribution in [2.45, 2.75) is 62.7 Å². The van der Waals surface area contributed by atoms with E-state index < -0.39 is 30.1 Å². The highest BCUT2D eigenvalue weighted by molar-refractivity contribution is 5.91. The molecule has 4 N–H and O–H groups in total. The number of aromatic nitrogens is 4. The second-order valence-electron chi connectivity index (χ2n) is 16.8. The summed E-state index contributed by atoms with van der Waals surface area (Å²) < 4.78 is 28.9. The Kier molecular flexibility index (Phi) is 12.6. The van der Waals surface area contributed by atoms with Gasteiger partial charge in [-0.2, -0.15) is 0 Å². The van der Waals surface area contributed by atoms with Crippen LogP contribution in [0.25, 0.3) is 44.4 Å². The van der Waals surface area contributed by atoms with Crippen molar-refractivity contribution < 1.29 is 37.8 Å². The highest BCUT2D eigenvalue weighted by atomic mass is 19.1. The molecule has 0 spiro atoms. The molecule has 0 bridgehead atoms. The second-order valence-corrected chi connectivity index (χ2v) is 16.8. The number of alkyl carbamates (subject to hydrolysis) is 2. The number of hydrogen-bond acceptors (Lipinski definition) is 9. The van der Waals surface area contributed by atoms with Gasteiger partial charge in [-0.15, -0.1) is 0 Å².